The molecule has 3 rings (SSSR count). The van der Waals surface area contributed by atoms with E-state index in [1.54, 1.807) is 18.2 Å². The van der Waals surface area contributed by atoms with E-state index in [0.717, 1.165) is 22.0 Å². The first-order valence-corrected chi connectivity index (χ1v) is 10.3. The van der Waals surface area contributed by atoms with Crippen molar-refractivity contribution in [2.45, 2.75) is 32.4 Å². The summed E-state index contributed by atoms with van der Waals surface area (Å²) in [5, 5.41) is 2.60. The summed E-state index contributed by atoms with van der Waals surface area (Å²) in [6.45, 7) is 6.08. The molecule has 6 nitrogen and oxygen atoms in total. The normalized spacial score (nSPS) is 11.7. The van der Waals surface area contributed by atoms with Gasteiger partial charge in [0.05, 0.1) is 16.9 Å². The van der Waals surface area contributed by atoms with Crippen LogP contribution in [0.1, 0.15) is 31.9 Å². The van der Waals surface area contributed by atoms with Crippen molar-refractivity contribution in [3.8, 4) is 11.6 Å². The maximum atomic E-state index is 13.0. The zero-order valence-corrected chi connectivity index (χ0v) is 19.0. The predicted octanol–water partition coefficient (Wildman–Crippen LogP) is 6.66. The summed E-state index contributed by atoms with van der Waals surface area (Å²) in [5.74, 6) is -0.160. The number of hydrogen-bond acceptors (Lipinski definition) is 5. The molecule has 33 heavy (non-hydrogen) atoms. The first-order chi connectivity index (χ1) is 15.4. The number of amides is 2. The summed E-state index contributed by atoms with van der Waals surface area (Å²) >= 11 is 4.29. The predicted molar refractivity (Wildman–Crippen MR) is 126 cm³/mol. The average molecular weight is 477 g/mol. The molecule has 1 aromatic heterocycles. The molecular weight excluding hydrogens is 453 g/mol. The molecule has 3 N–H and O–H groups in total. The molecule has 0 aliphatic heterocycles. The molecule has 0 aliphatic rings. The number of carbonyl (C=O) groups is 1. The summed E-state index contributed by atoms with van der Waals surface area (Å²) in [6.07, 6.45) is -3.13. The van der Waals surface area contributed by atoms with Crippen LogP contribution in [0.4, 0.5) is 35.0 Å². The number of urea groups is 1. The highest BCUT2D eigenvalue weighted by molar-refractivity contribution is 7.82. The van der Waals surface area contributed by atoms with E-state index in [0.29, 0.717) is 11.4 Å². The maximum absolute atomic E-state index is 13.0. The molecular formula is C23H23F3N4O2S. The Morgan fingerprint density at radius 2 is 1.79 bits per heavy atom. The number of benzene rings is 2. The second-order valence-electron chi connectivity index (χ2n) is 8.25. The van der Waals surface area contributed by atoms with Crippen LogP contribution < -0.4 is 20.1 Å². The number of nitrogens with two attached hydrogens (primary N) is 1. The van der Waals surface area contributed by atoms with Crippen LogP contribution in [-0.4, -0.2) is 11.0 Å². The van der Waals surface area contributed by atoms with Gasteiger partial charge in [0.1, 0.15) is 11.4 Å². The summed E-state index contributed by atoms with van der Waals surface area (Å²) in [7, 11) is 0. The van der Waals surface area contributed by atoms with Gasteiger partial charge in [-0.05, 0) is 53.4 Å². The van der Waals surface area contributed by atoms with E-state index >= 15 is 0 Å². The molecule has 0 bridgehead atoms. The van der Waals surface area contributed by atoms with Gasteiger partial charge in [0.2, 0.25) is 5.88 Å². The number of aromatic nitrogens is 1. The van der Waals surface area contributed by atoms with Crippen LogP contribution in [0.15, 0.2) is 60.8 Å². The van der Waals surface area contributed by atoms with Gasteiger partial charge in [-0.1, -0.05) is 45.7 Å². The third-order valence-electron chi connectivity index (χ3n) is 4.71. The molecule has 3 aromatic rings. The van der Waals surface area contributed by atoms with Crippen LogP contribution >= 0.6 is 12.8 Å². The minimum Gasteiger partial charge on any atom is -0.437 e. The van der Waals surface area contributed by atoms with Crippen molar-refractivity contribution in [2.24, 2.45) is 0 Å². The minimum atomic E-state index is -4.52. The van der Waals surface area contributed by atoms with Gasteiger partial charge < -0.3 is 15.8 Å². The SMILES string of the molecule is CC(C)(C)c1ccc(N)c(N(S)C(=O)Nc2cccnc2Oc2cccc(C(F)(F)F)c2)c1. The van der Waals surface area contributed by atoms with Crippen LogP contribution in [0, 0.1) is 0 Å². The number of nitrogen functional groups attached to an aromatic ring is 1. The van der Waals surface area contributed by atoms with Gasteiger partial charge in [0.25, 0.3) is 0 Å². The molecule has 0 unspecified atom stereocenters. The van der Waals surface area contributed by atoms with Crippen LogP contribution in [-0.2, 0) is 11.6 Å². The van der Waals surface area contributed by atoms with Gasteiger partial charge in [0, 0.05) is 6.20 Å². The van der Waals surface area contributed by atoms with Gasteiger partial charge in [-0.25, -0.2) is 14.1 Å². The number of carbonyl (C=O) groups excluding carboxylic acids is 1. The Balaban J connectivity index is 1.84. The lowest BCUT2D eigenvalue weighted by Gasteiger charge is -2.24. The second-order valence-corrected chi connectivity index (χ2v) is 8.65. The molecule has 1 heterocycles. The van der Waals surface area contributed by atoms with Gasteiger partial charge in [-0.15, -0.1) is 0 Å². The number of rotatable bonds is 4. The topological polar surface area (TPSA) is 80.5 Å². The number of halogens is 3. The van der Waals surface area contributed by atoms with Crippen molar-refractivity contribution in [3.05, 3.63) is 71.9 Å². The third-order valence-corrected chi connectivity index (χ3v) is 5.10. The van der Waals surface area contributed by atoms with E-state index < -0.39 is 17.8 Å². The van der Waals surface area contributed by atoms with Crippen molar-refractivity contribution >= 4 is 35.9 Å². The van der Waals surface area contributed by atoms with Crippen LogP contribution in [0.2, 0.25) is 0 Å². The smallest absolute Gasteiger partial charge is 0.416 e. The van der Waals surface area contributed by atoms with Gasteiger partial charge in [-0.2, -0.15) is 13.2 Å². The standard InChI is InChI=1S/C23H23F3N4O2S/c1-22(2,3)14-9-10-17(27)19(13-14)30(33)21(31)29-18-8-5-11-28-20(18)32-16-7-4-6-15(12-16)23(24,25)26/h4-13,33H,27H2,1-3H3,(H,29,31). The fraction of sp³-hybridized carbons (Fsp3) is 0.217. The number of alkyl halides is 3. The van der Waals surface area contributed by atoms with Gasteiger partial charge in [-0.3, -0.25) is 0 Å². The monoisotopic (exact) mass is 476 g/mol. The Bertz CT molecular complexity index is 1160. The molecule has 0 radical (unpaired) electrons. The van der Waals surface area contributed by atoms with Crippen LogP contribution in [0.25, 0.3) is 0 Å². The molecule has 10 heteroatoms. The van der Waals surface area contributed by atoms with Crippen molar-refractivity contribution < 1.29 is 22.7 Å². The summed E-state index contributed by atoms with van der Waals surface area (Å²) in [6, 6.07) is 12.1. The fourth-order valence-corrected chi connectivity index (χ4v) is 3.11. The highest BCUT2D eigenvalue weighted by atomic mass is 32.1. The highest BCUT2D eigenvalue weighted by Crippen LogP contribution is 2.35. The molecule has 0 fully saturated rings. The molecule has 2 amide bonds. The first kappa shape index (κ1) is 24.2. The van der Waals surface area contributed by atoms with E-state index in [1.165, 1.54) is 24.4 Å². The zero-order valence-electron chi connectivity index (χ0n) is 18.1. The molecule has 0 aliphatic carbocycles. The highest BCUT2D eigenvalue weighted by Gasteiger charge is 2.30. The number of ether oxygens (including phenoxy) is 1. The molecule has 0 atom stereocenters. The fourth-order valence-electron chi connectivity index (χ4n) is 2.89. The Morgan fingerprint density at radius 1 is 1.06 bits per heavy atom. The number of thiol groups is 1. The first-order valence-electron chi connectivity index (χ1n) is 9.86. The maximum Gasteiger partial charge on any atom is 0.416 e. The lowest BCUT2D eigenvalue weighted by atomic mass is 9.86. The average Bonchev–Trinajstić information content (AvgIpc) is 2.73. The van der Waals surface area contributed by atoms with Crippen LogP contribution in [0.3, 0.4) is 0 Å². The minimum absolute atomic E-state index is 0.0797. The van der Waals surface area contributed by atoms with E-state index in [1.807, 2.05) is 26.8 Å². The zero-order chi connectivity index (χ0) is 24.4. The van der Waals surface area contributed by atoms with E-state index in [2.05, 4.69) is 23.1 Å². The number of pyridine rings is 1. The second kappa shape index (κ2) is 9.22. The number of anilines is 3. The van der Waals surface area contributed by atoms with Crippen molar-refractivity contribution in [1.29, 1.82) is 0 Å². The van der Waals surface area contributed by atoms with E-state index in [-0.39, 0.29) is 22.7 Å². The quantitative estimate of drug-likeness (QED) is 0.291. The number of hydrogen-bond donors (Lipinski definition) is 3. The van der Waals surface area contributed by atoms with Crippen molar-refractivity contribution in [2.75, 3.05) is 15.4 Å². The Labute approximate surface area is 195 Å². The molecule has 0 saturated heterocycles. The van der Waals surface area contributed by atoms with Gasteiger partial charge in [0.15, 0.2) is 0 Å². The Kier molecular flexibility index (Phi) is 6.78. The van der Waals surface area contributed by atoms with Gasteiger partial charge >= 0.3 is 12.2 Å². The summed E-state index contributed by atoms with van der Waals surface area (Å²) < 4.78 is 45.5. The molecule has 0 spiro atoms. The Morgan fingerprint density at radius 3 is 2.45 bits per heavy atom. The Hall–Kier alpha value is -3.40. The third kappa shape index (κ3) is 5.89. The van der Waals surface area contributed by atoms with E-state index in [9.17, 15) is 18.0 Å². The number of nitrogens with one attached hydrogen (secondary N) is 1. The lowest BCUT2D eigenvalue weighted by molar-refractivity contribution is -0.137. The molecule has 174 valence electrons. The van der Waals surface area contributed by atoms with E-state index in [4.69, 9.17) is 10.5 Å². The largest absolute Gasteiger partial charge is 0.437 e. The summed E-state index contributed by atoms with van der Waals surface area (Å²) in [4.78, 5) is 16.9. The summed E-state index contributed by atoms with van der Waals surface area (Å²) in [5.41, 5.74) is 6.83. The van der Waals surface area contributed by atoms with Crippen LogP contribution in [0.5, 0.6) is 11.6 Å². The molecule has 2 aromatic carbocycles. The number of nitrogens with zero attached hydrogens (tertiary/aromatic N) is 2. The lowest BCUT2D eigenvalue weighted by Crippen LogP contribution is -2.28. The molecule has 0 saturated carbocycles. The van der Waals surface area contributed by atoms with Crippen molar-refractivity contribution in [1.82, 2.24) is 4.98 Å². The van der Waals surface area contributed by atoms with Crippen molar-refractivity contribution in [3.63, 3.8) is 0 Å².